The summed E-state index contributed by atoms with van der Waals surface area (Å²) in [6.45, 7) is 1.70. The van der Waals surface area contributed by atoms with Crippen molar-refractivity contribution in [1.29, 1.82) is 0 Å². The van der Waals surface area contributed by atoms with Crippen LogP contribution in [0.15, 0.2) is 41.5 Å². The molecule has 9 nitrogen and oxygen atoms in total. The number of carbonyl (C=O) groups excluding carboxylic acids is 3. The van der Waals surface area contributed by atoms with E-state index in [9.17, 15) is 14.4 Å². The summed E-state index contributed by atoms with van der Waals surface area (Å²) < 4.78 is 10.8. The predicted octanol–water partition coefficient (Wildman–Crippen LogP) is 2.61. The van der Waals surface area contributed by atoms with Crippen LogP contribution in [0, 0.1) is 0 Å². The van der Waals surface area contributed by atoms with E-state index in [-0.39, 0.29) is 23.1 Å². The van der Waals surface area contributed by atoms with Crippen LogP contribution >= 0.6 is 23.2 Å². The largest absolute Gasteiger partial charge is 0.493 e. The number of anilines is 1. The van der Waals surface area contributed by atoms with Crippen LogP contribution in [0.3, 0.4) is 0 Å². The number of methoxy groups -OCH3 is 1. The van der Waals surface area contributed by atoms with Crippen molar-refractivity contribution in [3.05, 3.63) is 52.0 Å². The Kier molecular flexibility index (Phi) is 9.11. The van der Waals surface area contributed by atoms with Crippen LogP contribution in [0.1, 0.15) is 12.5 Å². The van der Waals surface area contributed by atoms with Crippen molar-refractivity contribution < 1.29 is 23.9 Å². The molecule has 0 unspecified atom stereocenters. The summed E-state index contributed by atoms with van der Waals surface area (Å²) in [6.07, 6.45) is 1.28. The maximum Gasteiger partial charge on any atom is 0.329 e. The molecule has 2 aromatic rings. The van der Waals surface area contributed by atoms with Gasteiger partial charge in [0.15, 0.2) is 18.1 Å². The molecule has 0 aromatic heterocycles. The highest BCUT2D eigenvalue weighted by Gasteiger charge is 2.14. The minimum absolute atomic E-state index is 0.162. The van der Waals surface area contributed by atoms with E-state index in [1.165, 1.54) is 19.4 Å². The van der Waals surface area contributed by atoms with Gasteiger partial charge in [-0.2, -0.15) is 5.10 Å². The Hall–Kier alpha value is -3.30. The molecule has 0 aliphatic carbocycles. The molecule has 0 aliphatic heterocycles. The lowest BCUT2D eigenvalue weighted by molar-refractivity contribution is -0.139. The highest BCUT2D eigenvalue weighted by atomic mass is 35.5. The fourth-order valence-corrected chi connectivity index (χ4v) is 2.68. The van der Waals surface area contributed by atoms with Crippen molar-refractivity contribution >= 4 is 52.8 Å². The van der Waals surface area contributed by atoms with Crippen LogP contribution in [0.5, 0.6) is 11.5 Å². The van der Waals surface area contributed by atoms with Crippen molar-refractivity contribution in [2.45, 2.75) is 6.92 Å². The molecule has 0 saturated heterocycles. The lowest BCUT2D eigenvalue weighted by Gasteiger charge is -2.13. The van der Waals surface area contributed by atoms with Crippen LogP contribution in [0.4, 0.5) is 5.69 Å². The molecule has 0 aliphatic rings. The summed E-state index contributed by atoms with van der Waals surface area (Å²) in [7, 11) is 1.41. The quantitative estimate of drug-likeness (QED) is 0.314. The van der Waals surface area contributed by atoms with Crippen LogP contribution in [-0.4, -0.2) is 44.2 Å². The summed E-state index contributed by atoms with van der Waals surface area (Å²) in [5, 5.41) is 9.43. The number of halogens is 2. The third kappa shape index (κ3) is 7.47. The number of benzene rings is 2. The predicted molar refractivity (Wildman–Crippen MR) is 118 cm³/mol. The zero-order chi connectivity index (χ0) is 22.8. The molecule has 3 amide bonds. The molecule has 3 N–H and O–H groups in total. The van der Waals surface area contributed by atoms with Crippen molar-refractivity contribution in [3.63, 3.8) is 0 Å². The first kappa shape index (κ1) is 24.0. The zero-order valence-electron chi connectivity index (χ0n) is 16.7. The average molecular weight is 467 g/mol. The lowest BCUT2D eigenvalue weighted by atomic mass is 10.2. The zero-order valence-corrected chi connectivity index (χ0v) is 18.2. The van der Waals surface area contributed by atoms with E-state index in [4.69, 9.17) is 32.7 Å². The molecule has 0 heterocycles. The third-order valence-electron chi connectivity index (χ3n) is 3.65. The number of hydrazone groups is 1. The standard InChI is InChI=1S/C20H20Cl2N4O5/c1-3-23-19(28)20(29)26-24-10-12-8-15(22)18(16(9-12)30-2)31-11-17(27)25-14-6-4-13(21)5-7-14/h4-10H,3,11H2,1-2H3,(H,23,28)(H,25,27)(H,26,29)/b24-10-. The molecule has 164 valence electrons. The molecule has 0 fully saturated rings. The maximum absolute atomic E-state index is 12.1. The van der Waals surface area contributed by atoms with Gasteiger partial charge in [-0.1, -0.05) is 23.2 Å². The third-order valence-corrected chi connectivity index (χ3v) is 4.18. The van der Waals surface area contributed by atoms with E-state index < -0.39 is 17.7 Å². The van der Waals surface area contributed by atoms with E-state index in [0.29, 0.717) is 22.8 Å². The van der Waals surface area contributed by atoms with E-state index in [0.717, 1.165) is 0 Å². The summed E-state index contributed by atoms with van der Waals surface area (Å²) in [6, 6.07) is 9.66. The SMILES string of the molecule is CCNC(=O)C(=O)N/N=C\c1cc(Cl)c(OCC(=O)Nc2ccc(Cl)cc2)c(OC)c1. The molecular formula is C20H20Cl2N4O5. The molecule has 0 atom stereocenters. The fourth-order valence-electron chi connectivity index (χ4n) is 2.28. The van der Waals surface area contributed by atoms with Gasteiger partial charge in [0, 0.05) is 17.3 Å². The Morgan fingerprint density at radius 3 is 2.45 bits per heavy atom. The molecule has 0 bridgehead atoms. The van der Waals surface area contributed by atoms with Gasteiger partial charge in [-0.05, 0) is 48.9 Å². The second-order valence-corrected chi connectivity index (χ2v) is 6.78. The highest BCUT2D eigenvalue weighted by Crippen LogP contribution is 2.36. The van der Waals surface area contributed by atoms with Crippen LogP contribution in [-0.2, 0) is 14.4 Å². The Bertz CT molecular complexity index is 980. The Balaban J connectivity index is 2.00. The van der Waals surface area contributed by atoms with Gasteiger partial charge in [-0.15, -0.1) is 0 Å². The maximum atomic E-state index is 12.1. The number of ether oxygens (including phenoxy) is 2. The topological polar surface area (TPSA) is 118 Å². The lowest BCUT2D eigenvalue weighted by Crippen LogP contribution is -2.37. The first-order chi connectivity index (χ1) is 14.8. The van der Waals surface area contributed by atoms with Gasteiger partial charge in [0.2, 0.25) is 0 Å². The molecule has 0 radical (unpaired) electrons. The monoisotopic (exact) mass is 466 g/mol. The number of nitrogens with one attached hydrogen (secondary N) is 3. The summed E-state index contributed by atoms with van der Waals surface area (Å²) in [4.78, 5) is 35.0. The second-order valence-electron chi connectivity index (χ2n) is 5.94. The molecule has 0 saturated carbocycles. The number of nitrogens with zero attached hydrogens (tertiary/aromatic N) is 1. The van der Waals surface area contributed by atoms with Crippen LogP contribution < -0.4 is 25.5 Å². The number of hydrogen-bond donors (Lipinski definition) is 3. The van der Waals surface area contributed by atoms with Crippen molar-refractivity contribution in [2.75, 3.05) is 25.6 Å². The first-order valence-electron chi connectivity index (χ1n) is 9.01. The highest BCUT2D eigenvalue weighted by molar-refractivity contribution is 6.35. The molecule has 0 spiro atoms. The van der Waals surface area contributed by atoms with Gasteiger partial charge in [0.25, 0.3) is 5.91 Å². The van der Waals surface area contributed by atoms with Gasteiger partial charge in [-0.25, -0.2) is 5.43 Å². The Labute approximate surface area is 188 Å². The van der Waals surface area contributed by atoms with Crippen molar-refractivity contribution in [2.24, 2.45) is 5.10 Å². The van der Waals surface area contributed by atoms with Gasteiger partial charge in [0.05, 0.1) is 18.3 Å². The summed E-state index contributed by atoms with van der Waals surface area (Å²) >= 11 is 12.1. The van der Waals surface area contributed by atoms with Crippen LogP contribution in [0.2, 0.25) is 10.0 Å². The van der Waals surface area contributed by atoms with E-state index in [1.807, 2.05) is 0 Å². The number of amides is 3. The normalized spacial score (nSPS) is 10.5. The van der Waals surface area contributed by atoms with E-state index in [1.54, 1.807) is 37.3 Å². The molecule has 2 aromatic carbocycles. The van der Waals surface area contributed by atoms with Gasteiger partial charge >= 0.3 is 11.8 Å². The Morgan fingerprint density at radius 1 is 1.10 bits per heavy atom. The Morgan fingerprint density at radius 2 is 1.81 bits per heavy atom. The van der Waals surface area contributed by atoms with Crippen molar-refractivity contribution in [3.8, 4) is 11.5 Å². The number of likely N-dealkylation sites (N-methyl/N-ethyl adjacent to an activating group) is 1. The number of rotatable bonds is 8. The first-order valence-corrected chi connectivity index (χ1v) is 9.76. The average Bonchev–Trinajstić information content (AvgIpc) is 2.74. The molecule has 31 heavy (non-hydrogen) atoms. The molecule has 2 rings (SSSR count). The van der Waals surface area contributed by atoms with E-state index in [2.05, 4.69) is 21.2 Å². The van der Waals surface area contributed by atoms with E-state index >= 15 is 0 Å². The smallest absolute Gasteiger partial charge is 0.329 e. The number of carbonyl (C=O) groups is 3. The van der Waals surface area contributed by atoms with Gasteiger partial charge in [-0.3, -0.25) is 14.4 Å². The fraction of sp³-hybridized carbons (Fsp3) is 0.200. The minimum atomic E-state index is -0.900. The van der Waals surface area contributed by atoms with Crippen LogP contribution in [0.25, 0.3) is 0 Å². The minimum Gasteiger partial charge on any atom is -0.493 e. The molecular weight excluding hydrogens is 447 g/mol. The summed E-state index contributed by atoms with van der Waals surface area (Å²) in [5.74, 6) is -1.68. The van der Waals surface area contributed by atoms with Gasteiger partial charge < -0.3 is 20.1 Å². The number of hydrogen-bond acceptors (Lipinski definition) is 6. The van der Waals surface area contributed by atoms with Gasteiger partial charge in [0.1, 0.15) is 0 Å². The van der Waals surface area contributed by atoms with Crippen molar-refractivity contribution in [1.82, 2.24) is 10.7 Å². The second kappa shape index (κ2) is 11.8. The molecule has 11 heteroatoms. The summed E-state index contributed by atoms with van der Waals surface area (Å²) in [5.41, 5.74) is 3.13.